The van der Waals surface area contributed by atoms with Crippen molar-refractivity contribution in [2.75, 3.05) is 44.8 Å². The predicted molar refractivity (Wildman–Crippen MR) is 130 cm³/mol. The number of aromatic nitrogens is 1. The Morgan fingerprint density at radius 1 is 1.05 bits per heavy atom. The highest BCUT2D eigenvalue weighted by Gasteiger charge is 2.26. The van der Waals surface area contributed by atoms with Crippen LogP contribution in [0, 0.1) is 11.6 Å². The Morgan fingerprint density at radius 3 is 2.22 bits per heavy atom. The Bertz CT molecular complexity index is 1340. The van der Waals surface area contributed by atoms with E-state index >= 15 is 4.39 Å². The molecule has 9 nitrogen and oxygen atoms in total. The van der Waals surface area contributed by atoms with E-state index in [0.717, 1.165) is 16.8 Å². The quantitative estimate of drug-likeness (QED) is 0.452. The standard InChI is InChI=1S/C17H18F3N3O3.C8H8O3/c1-21-4-6-22(7-5-21)15-12(19)8-10-14(13(15)20)23(3-2-18)9-11(16(10)24)17(25)26;9-7(8(10)11)6-4-2-1-3-5-6/h8-9H,2-7H2,1H3,(H,25,26);1-5,7,9H,(H,10,11). The van der Waals surface area contributed by atoms with E-state index in [1.165, 1.54) is 0 Å². The molecule has 0 aliphatic carbocycles. The molecule has 1 unspecified atom stereocenters. The molecule has 0 spiro atoms. The molecule has 1 fully saturated rings. The first-order chi connectivity index (χ1) is 17.6. The summed E-state index contributed by atoms with van der Waals surface area (Å²) in [5.74, 6) is -4.68. The molecule has 1 aliphatic heterocycles. The van der Waals surface area contributed by atoms with Crippen molar-refractivity contribution in [3.63, 3.8) is 0 Å². The number of nitrogens with zero attached hydrogens (tertiary/aromatic N) is 3. The molecular weight excluding hydrogens is 495 g/mol. The summed E-state index contributed by atoms with van der Waals surface area (Å²) >= 11 is 0. The lowest BCUT2D eigenvalue weighted by molar-refractivity contribution is -0.146. The van der Waals surface area contributed by atoms with Crippen LogP contribution in [0.5, 0.6) is 0 Å². The van der Waals surface area contributed by atoms with Crippen LogP contribution in [0.1, 0.15) is 22.0 Å². The van der Waals surface area contributed by atoms with Gasteiger partial charge in [-0.2, -0.15) is 0 Å². The molecule has 0 radical (unpaired) electrons. The lowest BCUT2D eigenvalue weighted by atomic mass is 10.1. The normalized spacial score (nSPS) is 14.7. The molecule has 0 saturated carbocycles. The second-order valence-corrected chi connectivity index (χ2v) is 8.42. The molecule has 3 aromatic rings. The van der Waals surface area contributed by atoms with Crippen molar-refractivity contribution in [1.29, 1.82) is 0 Å². The maximum atomic E-state index is 15.2. The third kappa shape index (κ3) is 6.09. The zero-order valence-corrected chi connectivity index (χ0v) is 19.9. The number of aliphatic hydroxyl groups excluding tert-OH is 1. The van der Waals surface area contributed by atoms with Crippen molar-refractivity contribution in [1.82, 2.24) is 9.47 Å². The fourth-order valence-corrected chi connectivity index (χ4v) is 3.99. The molecule has 1 aromatic heterocycles. The number of rotatable bonds is 6. The van der Waals surface area contributed by atoms with Crippen LogP contribution >= 0.6 is 0 Å². The van der Waals surface area contributed by atoms with Gasteiger partial charge in [0.05, 0.1) is 17.4 Å². The number of hydrogen-bond donors (Lipinski definition) is 3. The third-order valence-electron chi connectivity index (χ3n) is 5.95. The number of carboxylic acids is 2. The summed E-state index contributed by atoms with van der Waals surface area (Å²) < 4.78 is 43.7. The molecule has 37 heavy (non-hydrogen) atoms. The first-order valence-corrected chi connectivity index (χ1v) is 11.3. The topological polar surface area (TPSA) is 123 Å². The number of aliphatic carboxylic acids is 1. The van der Waals surface area contributed by atoms with Crippen molar-refractivity contribution in [3.8, 4) is 0 Å². The summed E-state index contributed by atoms with van der Waals surface area (Å²) in [6, 6.07) is 9.11. The highest BCUT2D eigenvalue weighted by molar-refractivity contribution is 5.93. The number of hydrogen-bond acceptors (Lipinski definition) is 6. The van der Waals surface area contributed by atoms with Gasteiger partial charge < -0.3 is 29.7 Å². The molecule has 12 heteroatoms. The third-order valence-corrected chi connectivity index (χ3v) is 5.95. The lowest BCUT2D eigenvalue weighted by Gasteiger charge is -2.34. The summed E-state index contributed by atoms with van der Waals surface area (Å²) in [6.45, 7) is 0.796. The number of pyridine rings is 1. The van der Waals surface area contributed by atoms with Crippen molar-refractivity contribution in [2.24, 2.45) is 0 Å². The van der Waals surface area contributed by atoms with Gasteiger partial charge in [0.2, 0.25) is 5.43 Å². The highest BCUT2D eigenvalue weighted by Crippen LogP contribution is 2.30. The van der Waals surface area contributed by atoms with Crippen LogP contribution in [0.4, 0.5) is 18.9 Å². The number of likely N-dealkylation sites (N-methyl/N-ethyl adjacent to an activating group) is 1. The largest absolute Gasteiger partial charge is 0.479 e. The van der Waals surface area contributed by atoms with Gasteiger partial charge in [-0.15, -0.1) is 0 Å². The number of aromatic carboxylic acids is 1. The molecule has 3 N–H and O–H groups in total. The predicted octanol–water partition coefficient (Wildman–Crippen LogP) is 2.50. The molecule has 2 aromatic carbocycles. The minimum absolute atomic E-state index is 0.277. The maximum Gasteiger partial charge on any atom is 0.341 e. The van der Waals surface area contributed by atoms with Gasteiger partial charge >= 0.3 is 11.9 Å². The molecule has 0 amide bonds. The van der Waals surface area contributed by atoms with Crippen LogP contribution in [-0.2, 0) is 11.3 Å². The van der Waals surface area contributed by atoms with Crippen LogP contribution in [0.15, 0.2) is 47.4 Å². The summed E-state index contributed by atoms with van der Waals surface area (Å²) in [6.07, 6.45) is -0.502. The van der Waals surface area contributed by atoms with Crippen LogP contribution in [0.3, 0.4) is 0 Å². The number of aliphatic hydroxyl groups is 1. The number of carbonyl (C=O) groups is 2. The van der Waals surface area contributed by atoms with Gasteiger partial charge in [-0.25, -0.2) is 22.8 Å². The summed E-state index contributed by atoms with van der Waals surface area (Å²) in [5, 5.41) is 26.1. The van der Waals surface area contributed by atoms with E-state index in [2.05, 4.69) is 0 Å². The maximum absolute atomic E-state index is 15.2. The smallest absolute Gasteiger partial charge is 0.341 e. The minimum Gasteiger partial charge on any atom is -0.479 e. The lowest BCUT2D eigenvalue weighted by Crippen LogP contribution is -2.45. The van der Waals surface area contributed by atoms with Crippen molar-refractivity contribution >= 4 is 28.5 Å². The fourth-order valence-electron chi connectivity index (χ4n) is 3.99. The van der Waals surface area contributed by atoms with Crippen LogP contribution in [-0.4, -0.2) is 76.6 Å². The van der Waals surface area contributed by atoms with E-state index in [4.69, 9.17) is 15.3 Å². The molecule has 1 aliphatic rings. The molecule has 1 atom stereocenters. The first kappa shape index (κ1) is 27.7. The van der Waals surface area contributed by atoms with E-state index in [-0.39, 0.29) is 17.7 Å². The van der Waals surface area contributed by atoms with E-state index in [9.17, 15) is 23.2 Å². The Kier molecular flexibility index (Phi) is 8.90. The number of anilines is 1. The molecule has 0 bridgehead atoms. The number of fused-ring (bicyclic) bond motifs is 1. The van der Waals surface area contributed by atoms with Gasteiger partial charge in [-0.1, -0.05) is 30.3 Å². The van der Waals surface area contributed by atoms with Crippen molar-refractivity contribution in [2.45, 2.75) is 12.6 Å². The van der Waals surface area contributed by atoms with Gasteiger partial charge in [0.1, 0.15) is 23.7 Å². The number of benzene rings is 2. The van der Waals surface area contributed by atoms with Gasteiger partial charge in [0.25, 0.3) is 0 Å². The monoisotopic (exact) mass is 521 g/mol. The molecule has 4 rings (SSSR count). The van der Waals surface area contributed by atoms with Crippen LogP contribution in [0.25, 0.3) is 10.9 Å². The Labute approximate surface area is 209 Å². The Hall–Kier alpha value is -3.90. The summed E-state index contributed by atoms with van der Waals surface area (Å²) in [4.78, 5) is 37.4. The zero-order valence-electron chi connectivity index (χ0n) is 19.9. The van der Waals surface area contributed by atoms with E-state index in [0.29, 0.717) is 31.7 Å². The molecule has 2 heterocycles. The van der Waals surface area contributed by atoms with Gasteiger partial charge in [0.15, 0.2) is 11.9 Å². The van der Waals surface area contributed by atoms with Crippen molar-refractivity contribution in [3.05, 3.63) is 75.6 Å². The SMILES string of the molecule is CN1CCN(c2c(F)cc3c(=O)c(C(=O)O)cn(CCF)c3c2F)CC1.O=C(O)C(O)c1ccccc1. The number of halogens is 3. The molecule has 1 saturated heterocycles. The Balaban J connectivity index is 0.000000289. The summed E-state index contributed by atoms with van der Waals surface area (Å²) in [5.41, 5.74) is -1.81. The zero-order chi connectivity index (χ0) is 27.3. The number of alkyl halides is 1. The van der Waals surface area contributed by atoms with Gasteiger partial charge in [-0.3, -0.25) is 4.79 Å². The van der Waals surface area contributed by atoms with E-state index < -0.39 is 52.7 Å². The number of piperazine rings is 1. The van der Waals surface area contributed by atoms with Gasteiger partial charge in [-0.05, 0) is 18.7 Å². The first-order valence-electron chi connectivity index (χ1n) is 11.3. The minimum atomic E-state index is -1.53. The van der Waals surface area contributed by atoms with Crippen LogP contribution in [0.2, 0.25) is 0 Å². The fraction of sp³-hybridized carbons (Fsp3) is 0.320. The molecule has 198 valence electrons. The Morgan fingerprint density at radius 2 is 1.68 bits per heavy atom. The molecular formula is C25H26F3N3O6. The van der Waals surface area contributed by atoms with E-state index in [1.54, 1.807) is 35.2 Å². The number of carboxylic acid groups (broad SMARTS) is 2. The average molecular weight is 521 g/mol. The van der Waals surface area contributed by atoms with Gasteiger partial charge in [0, 0.05) is 32.4 Å². The van der Waals surface area contributed by atoms with Crippen molar-refractivity contribution < 1.29 is 38.1 Å². The van der Waals surface area contributed by atoms with Crippen LogP contribution < -0.4 is 10.3 Å². The second kappa shape index (κ2) is 11.9. The average Bonchev–Trinajstić information content (AvgIpc) is 2.87. The van der Waals surface area contributed by atoms with E-state index in [1.807, 2.05) is 11.9 Å². The highest BCUT2D eigenvalue weighted by atomic mass is 19.1. The second-order valence-electron chi connectivity index (χ2n) is 8.42. The summed E-state index contributed by atoms with van der Waals surface area (Å²) in [7, 11) is 1.90. The number of aryl methyl sites for hydroxylation is 1.